The molecule has 0 aromatic heterocycles. The zero-order valence-corrected chi connectivity index (χ0v) is 10.3. The normalized spacial score (nSPS) is 15.5. The lowest BCUT2D eigenvalue weighted by Gasteiger charge is -2.17. The molecule has 1 unspecified atom stereocenters. The molecular weight excluding hydrogens is 219 g/mol. The fourth-order valence-corrected chi connectivity index (χ4v) is 2.23. The van der Waals surface area contributed by atoms with Crippen LogP contribution < -0.4 is 0 Å². The summed E-state index contributed by atoms with van der Waals surface area (Å²) in [5.41, 5.74) is 0. The summed E-state index contributed by atoms with van der Waals surface area (Å²) in [6.07, 6.45) is 0.813. The lowest BCUT2D eigenvalue weighted by molar-refractivity contribution is 0.122. The maximum absolute atomic E-state index is 11.8. The van der Waals surface area contributed by atoms with Gasteiger partial charge in [-0.1, -0.05) is 6.92 Å². The van der Waals surface area contributed by atoms with Gasteiger partial charge in [-0.2, -0.15) is 0 Å². The molecule has 1 atom stereocenters. The quantitative estimate of drug-likeness (QED) is 0.593. The van der Waals surface area contributed by atoms with Gasteiger partial charge in [0.1, 0.15) is 0 Å². The molecule has 0 fully saturated rings. The monoisotopic (exact) mass is 240 g/mol. The molecule has 0 aromatic rings. The first-order chi connectivity index (χ1) is 7.11. The first kappa shape index (κ1) is 15.1. The number of rotatable bonds is 9. The van der Waals surface area contributed by atoms with Crippen molar-refractivity contribution < 1.29 is 23.8 Å². The minimum atomic E-state index is -2.94. The largest absolute Gasteiger partial charge is 0.396 e. The van der Waals surface area contributed by atoms with E-state index in [1.54, 1.807) is 13.8 Å². The van der Waals surface area contributed by atoms with Gasteiger partial charge in [-0.25, -0.2) is 0 Å². The third-order valence-electron chi connectivity index (χ3n) is 2.04. The van der Waals surface area contributed by atoms with Crippen LogP contribution in [-0.2, 0) is 13.6 Å². The van der Waals surface area contributed by atoms with Crippen LogP contribution in [0.5, 0.6) is 0 Å². The van der Waals surface area contributed by atoms with E-state index < -0.39 is 7.60 Å². The molecule has 0 rings (SSSR count). The molecule has 2 N–H and O–H groups in total. The second kappa shape index (κ2) is 8.25. The molecule has 0 aromatic carbocycles. The molecule has 0 saturated carbocycles. The minimum absolute atomic E-state index is 0.0923. The predicted octanol–water partition coefficient (Wildman–Crippen LogP) is 1.24. The van der Waals surface area contributed by atoms with Crippen LogP contribution in [0, 0.1) is 5.92 Å². The maximum Gasteiger partial charge on any atom is 0.330 e. The highest BCUT2D eigenvalue weighted by Gasteiger charge is 2.21. The zero-order chi connectivity index (χ0) is 11.7. The number of hydrogen-bond acceptors (Lipinski definition) is 5. The highest BCUT2D eigenvalue weighted by Crippen LogP contribution is 2.47. The Bertz CT molecular complexity index is 193. The average molecular weight is 240 g/mol. The van der Waals surface area contributed by atoms with E-state index in [9.17, 15) is 4.57 Å². The van der Waals surface area contributed by atoms with Gasteiger partial charge < -0.3 is 19.3 Å². The first-order valence-corrected chi connectivity index (χ1v) is 6.94. The maximum atomic E-state index is 11.8. The zero-order valence-electron chi connectivity index (χ0n) is 9.39. The fourth-order valence-electron chi connectivity index (χ4n) is 1.02. The summed E-state index contributed by atoms with van der Waals surface area (Å²) in [5.74, 6) is -0.211. The van der Waals surface area contributed by atoms with E-state index in [4.69, 9.17) is 19.3 Å². The van der Waals surface area contributed by atoms with Gasteiger partial charge in [-0.3, -0.25) is 4.57 Å². The summed E-state index contributed by atoms with van der Waals surface area (Å²) < 4.78 is 22.0. The van der Waals surface area contributed by atoms with Crippen molar-refractivity contribution in [2.24, 2.45) is 5.92 Å². The minimum Gasteiger partial charge on any atom is -0.396 e. The third kappa shape index (κ3) is 6.28. The Morgan fingerprint density at radius 2 is 1.80 bits per heavy atom. The lowest BCUT2D eigenvalue weighted by atomic mass is 10.1. The van der Waals surface area contributed by atoms with E-state index in [-0.39, 0.29) is 25.7 Å². The predicted molar refractivity (Wildman–Crippen MR) is 58.0 cm³/mol. The topological polar surface area (TPSA) is 76.0 Å². The molecule has 92 valence electrons. The van der Waals surface area contributed by atoms with E-state index in [2.05, 4.69) is 0 Å². The Labute approximate surface area is 90.9 Å². The van der Waals surface area contributed by atoms with Crippen LogP contribution in [0.3, 0.4) is 0 Å². The molecule has 0 aliphatic carbocycles. The van der Waals surface area contributed by atoms with Crippen molar-refractivity contribution in [2.75, 3.05) is 32.6 Å². The second-order valence-corrected chi connectivity index (χ2v) is 5.57. The summed E-state index contributed by atoms with van der Waals surface area (Å²) in [7, 11) is -2.94. The molecule has 6 heteroatoms. The van der Waals surface area contributed by atoms with Crippen LogP contribution in [0.2, 0.25) is 0 Å². The average Bonchev–Trinajstić information content (AvgIpc) is 2.25. The Morgan fingerprint density at radius 1 is 1.20 bits per heavy atom. The van der Waals surface area contributed by atoms with Crippen molar-refractivity contribution in [1.29, 1.82) is 0 Å². The van der Waals surface area contributed by atoms with E-state index in [0.717, 1.165) is 0 Å². The summed E-state index contributed by atoms with van der Waals surface area (Å²) in [6.45, 7) is 3.91. The van der Waals surface area contributed by atoms with Crippen molar-refractivity contribution >= 4 is 7.60 Å². The summed E-state index contributed by atoms with van der Waals surface area (Å²) in [6, 6.07) is 0. The van der Waals surface area contributed by atoms with E-state index in [1.165, 1.54) is 0 Å². The molecule has 15 heavy (non-hydrogen) atoms. The van der Waals surface area contributed by atoms with Gasteiger partial charge in [-0.15, -0.1) is 0 Å². The highest BCUT2D eigenvalue weighted by atomic mass is 31.2. The summed E-state index contributed by atoms with van der Waals surface area (Å²) in [4.78, 5) is 0. The number of hydrogen-bond donors (Lipinski definition) is 2. The van der Waals surface area contributed by atoms with E-state index in [1.807, 2.05) is 0 Å². The van der Waals surface area contributed by atoms with Crippen molar-refractivity contribution in [3.63, 3.8) is 0 Å². The van der Waals surface area contributed by atoms with Gasteiger partial charge in [0, 0.05) is 25.3 Å². The molecule has 0 aliphatic rings. The standard InChI is InChI=1S/C9H21O5P/c1-3-13-15(12,4-2)14-6-5-9(7-10)8-11/h9-11H,3-8H2,1-2H3. The van der Waals surface area contributed by atoms with Gasteiger partial charge in [0.15, 0.2) is 0 Å². The molecule has 5 nitrogen and oxygen atoms in total. The summed E-state index contributed by atoms with van der Waals surface area (Å²) >= 11 is 0. The smallest absolute Gasteiger partial charge is 0.330 e. The van der Waals surface area contributed by atoms with Crippen LogP contribution >= 0.6 is 7.60 Å². The lowest BCUT2D eigenvalue weighted by Crippen LogP contribution is -2.13. The van der Waals surface area contributed by atoms with Gasteiger partial charge in [-0.05, 0) is 13.3 Å². The SMILES string of the molecule is CCOP(=O)(CC)OCCC(CO)CO. The van der Waals surface area contributed by atoms with Crippen LogP contribution in [0.4, 0.5) is 0 Å². The van der Waals surface area contributed by atoms with Gasteiger partial charge in [0.2, 0.25) is 0 Å². The molecule has 0 amide bonds. The molecular formula is C9H21O5P. The van der Waals surface area contributed by atoms with Crippen LogP contribution in [0.15, 0.2) is 0 Å². The van der Waals surface area contributed by atoms with Crippen molar-refractivity contribution in [1.82, 2.24) is 0 Å². The molecule has 0 spiro atoms. The Morgan fingerprint density at radius 3 is 2.20 bits per heavy atom. The Balaban J connectivity index is 3.85. The Hall–Kier alpha value is 0.0700. The van der Waals surface area contributed by atoms with E-state index in [0.29, 0.717) is 19.2 Å². The van der Waals surface area contributed by atoms with Crippen molar-refractivity contribution in [3.8, 4) is 0 Å². The van der Waals surface area contributed by atoms with Gasteiger partial charge in [0.25, 0.3) is 0 Å². The van der Waals surface area contributed by atoms with Gasteiger partial charge in [0.05, 0.1) is 13.2 Å². The number of aliphatic hydroxyl groups is 2. The molecule has 0 radical (unpaired) electrons. The van der Waals surface area contributed by atoms with Crippen molar-refractivity contribution in [2.45, 2.75) is 20.3 Å². The molecule has 0 aliphatic heterocycles. The Kier molecular flexibility index (Phi) is 8.29. The van der Waals surface area contributed by atoms with Crippen molar-refractivity contribution in [3.05, 3.63) is 0 Å². The molecule has 0 saturated heterocycles. The molecule has 0 bridgehead atoms. The first-order valence-electron chi connectivity index (χ1n) is 5.21. The third-order valence-corrected chi connectivity index (χ3v) is 4.05. The number of aliphatic hydroxyl groups excluding tert-OH is 2. The van der Waals surface area contributed by atoms with Gasteiger partial charge >= 0.3 is 7.60 Å². The van der Waals surface area contributed by atoms with Crippen LogP contribution in [-0.4, -0.2) is 42.8 Å². The summed E-state index contributed by atoms with van der Waals surface area (Å²) in [5, 5.41) is 17.6. The molecule has 0 heterocycles. The van der Waals surface area contributed by atoms with Crippen LogP contribution in [0.25, 0.3) is 0 Å². The van der Waals surface area contributed by atoms with Crippen LogP contribution in [0.1, 0.15) is 20.3 Å². The highest BCUT2D eigenvalue weighted by molar-refractivity contribution is 7.53. The van der Waals surface area contributed by atoms with E-state index >= 15 is 0 Å². The fraction of sp³-hybridized carbons (Fsp3) is 1.00. The second-order valence-electron chi connectivity index (χ2n) is 3.20.